The van der Waals surface area contributed by atoms with Crippen molar-refractivity contribution in [3.63, 3.8) is 0 Å². The van der Waals surface area contributed by atoms with Crippen LogP contribution in [0.2, 0.25) is 0 Å². The van der Waals surface area contributed by atoms with Crippen molar-refractivity contribution in [1.29, 1.82) is 0 Å². The van der Waals surface area contributed by atoms with E-state index >= 15 is 0 Å². The van der Waals surface area contributed by atoms with Crippen LogP contribution in [-0.2, 0) is 0 Å². The molecule has 0 aliphatic heterocycles. The van der Waals surface area contributed by atoms with Crippen LogP contribution in [0, 0.1) is 24.7 Å². The maximum absolute atomic E-state index is 8.85. The van der Waals surface area contributed by atoms with Crippen molar-refractivity contribution in [2.45, 2.75) is 58.5 Å². The average Bonchev–Trinajstić information content (AvgIpc) is 2.20. The number of aliphatic hydroxyl groups is 1. The van der Waals surface area contributed by atoms with Crippen LogP contribution in [0.15, 0.2) is 0 Å². The monoisotopic (exact) mass is 194 g/mol. The molecule has 0 aliphatic carbocycles. The van der Waals surface area contributed by atoms with Crippen LogP contribution >= 0.6 is 0 Å². The lowest BCUT2D eigenvalue weighted by Gasteiger charge is -1.99. The SMILES string of the molecule is C#CC(O)CCCCC.C#CCCC. The van der Waals surface area contributed by atoms with E-state index in [1.54, 1.807) is 0 Å². The van der Waals surface area contributed by atoms with Gasteiger partial charge in [-0.1, -0.05) is 32.6 Å². The lowest BCUT2D eigenvalue weighted by Crippen LogP contribution is -2.00. The maximum atomic E-state index is 8.85. The van der Waals surface area contributed by atoms with E-state index in [1.165, 1.54) is 12.8 Å². The maximum Gasteiger partial charge on any atom is 0.114 e. The predicted molar refractivity (Wildman–Crippen MR) is 62.7 cm³/mol. The van der Waals surface area contributed by atoms with Crippen LogP contribution < -0.4 is 0 Å². The van der Waals surface area contributed by atoms with Crippen LogP contribution in [0.4, 0.5) is 0 Å². The van der Waals surface area contributed by atoms with Gasteiger partial charge in [0.1, 0.15) is 6.10 Å². The van der Waals surface area contributed by atoms with Crippen LogP contribution in [0.3, 0.4) is 0 Å². The van der Waals surface area contributed by atoms with Gasteiger partial charge in [0.2, 0.25) is 0 Å². The number of hydrogen-bond donors (Lipinski definition) is 1. The van der Waals surface area contributed by atoms with Crippen LogP contribution in [0.25, 0.3) is 0 Å². The summed E-state index contributed by atoms with van der Waals surface area (Å²) >= 11 is 0. The van der Waals surface area contributed by atoms with Gasteiger partial charge in [0, 0.05) is 6.42 Å². The van der Waals surface area contributed by atoms with Gasteiger partial charge in [-0.05, 0) is 19.3 Å². The second-order valence-electron chi connectivity index (χ2n) is 3.13. The quantitative estimate of drug-likeness (QED) is 0.527. The van der Waals surface area contributed by atoms with E-state index in [4.69, 9.17) is 18.0 Å². The van der Waals surface area contributed by atoms with E-state index in [1.807, 2.05) is 0 Å². The minimum Gasteiger partial charge on any atom is -0.380 e. The number of terminal acetylenes is 2. The molecule has 0 saturated heterocycles. The van der Waals surface area contributed by atoms with E-state index in [0.29, 0.717) is 0 Å². The van der Waals surface area contributed by atoms with Gasteiger partial charge in [-0.3, -0.25) is 0 Å². The van der Waals surface area contributed by atoms with Crippen molar-refractivity contribution in [3.05, 3.63) is 0 Å². The summed E-state index contributed by atoms with van der Waals surface area (Å²) in [6.07, 6.45) is 15.5. The fourth-order valence-corrected chi connectivity index (χ4v) is 0.815. The number of hydrogen-bond acceptors (Lipinski definition) is 1. The second kappa shape index (κ2) is 14.6. The third-order valence-electron chi connectivity index (χ3n) is 1.67. The Balaban J connectivity index is 0. The van der Waals surface area contributed by atoms with Gasteiger partial charge in [-0.15, -0.1) is 18.8 Å². The highest BCUT2D eigenvalue weighted by atomic mass is 16.3. The zero-order valence-electron chi connectivity index (χ0n) is 9.42. The van der Waals surface area contributed by atoms with Gasteiger partial charge in [0.15, 0.2) is 0 Å². The van der Waals surface area contributed by atoms with E-state index in [2.05, 4.69) is 25.7 Å². The minimum atomic E-state index is -0.517. The number of aliphatic hydroxyl groups excluding tert-OH is 1. The first-order valence-corrected chi connectivity index (χ1v) is 5.30. The average molecular weight is 194 g/mol. The van der Waals surface area contributed by atoms with Crippen molar-refractivity contribution < 1.29 is 5.11 Å². The molecule has 0 rings (SSSR count). The van der Waals surface area contributed by atoms with E-state index < -0.39 is 6.10 Å². The molecule has 0 aliphatic rings. The van der Waals surface area contributed by atoms with Gasteiger partial charge in [-0.2, -0.15) is 0 Å². The first kappa shape index (κ1) is 15.5. The van der Waals surface area contributed by atoms with Gasteiger partial charge in [0.05, 0.1) is 0 Å². The highest BCUT2D eigenvalue weighted by Crippen LogP contribution is 2.01. The molecular formula is C13H22O. The molecule has 1 heteroatoms. The summed E-state index contributed by atoms with van der Waals surface area (Å²) in [7, 11) is 0. The van der Waals surface area contributed by atoms with Crippen molar-refractivity contribution in [1.82, 2.24) is 0 Å². The molecule has 0 spiro atoms. The summed E-state index contributed by atoms with van der Waals surface area (Å²) in [5.74, 6) is 4.80. The Morgan fingerprint density at radius 1 is 1.14 bits per heavy atom. The zero-order valence-corrected chi connectivity index (χ0v) is 9.42. The number of unbranched alkanes of at least 4 members (excludes halogenated alkanes) is 3. The Labute approximate surface area is 88.9 Å². The molecule has 0 amide bonds. The van der Waals surface area contributed by atoms with Crippen LogP contribution in [-0.4, -0.2) is 11.2 Å². The molecule has 1 nitrogen and oxygen atoms in total. The van der Waals surface area contributed by atoms with Crippen LogP contribution in [0.5, 0.6) is 0 Å². The van der Waals surface area contributed by atoms with Gasteiger partial charge in [-0.25, -0.2) is 0 Å². The lowest BCUT2D eigenvalue weighted by atomic mass is 10.1. The first-order chi connectivity index (χ1) is 6.72. The van der Waals surface area contributed by atoms with E-state index in [0.717, 1.165) is 25.7 Å². The molecule has 1 N–H and O–H groups in total. The van der Waals surface area contributed by atoms with Gasteiger partial charge >= 0.3 is 0 Å². The Morgan fingerprint density at radius 3 is 2.07 bits per heavy atom. The third-order valence-corrected chi connectivity index (χ3v) is 1.67. The summed E-state index contributed by atoms with van der Waals surface area (Å²) in [4.78, 5) is 0. The van der Waals surface area contributed by atoms with Gasteiger partial charge in [0.25, 0.3) is 0 Å². The Hall–Kier alpha value is -0.920. The smallest absolute Gasteiger partial charge is 0.114 e. The second-order valence-corrected chi connectivity index (χ2v) is 3.13. The Morgan fingerprint density at radius 2 is 1.79 bits per heavy atom. The minimum absolute atomic E-state index is 0.517. The van der Waals surface area contributed by atoms with E-state index in [9.17, 15) is 0 Å². The summed E-state index contributed by atoms with van der Waals surface area (Å²) < 4.78 is 0. The highest BCUT2D eigenvalue weighted by molar-refractivity contribution is 4.92. The van der Waals surface area contributed by atoms with Gasteiger partial charge < -0.3 is 5.11 Å². The fourth-order valence-electron chi connectivity index (χ4n) is 0.815. The normalized spacial score (nSPS) is 10.4. The predicted octanol–water partition coefficient (Wildman–Crippen LogP) is 2.98. The standard InChI is InChI=1S/C8H14O.C5H8/c1-3-5-6-7-8(9)4-2;1-3-5-4-2/h2,8-9H,3,5-7H2,1H3;1H,4-5H2,2H3. The Kier molecular flexibility index (Phi) is 16.2. The molecule has 0 radical (unpaired) electrons. The van der Waals surface area contributed by atoms with E-state index in [-0.39, 0.29) is 0 Å². The molecule has 80 valence electrons. The molecule has 14 heavy (non-hydrogen) atoms. The van der Waals surface area contributed by atoms with Crippen LogP contribution in [0.1, 0.15) is 52.4 Å². The lowest BCUT2D eigenvalue weighted by molar-refractivity contribution is 0.217. The summed E-state index contributed by atoms with van der Waals surface area (Å²) in [5, 5.41) is 8.85. The summed E-state index contributed by atoms with van der Waals surface area (Å²) in [6, 6.07) is 0. The molecule has 0 aromatic rings. The molecule has 0 heterocycles. The van der Waals surface area contributed by atoms with Crippen molar-refractivity contribution in [3.8, 4) is 24.7 Å². The summed E-state index contributed by atoms with van der Waals surface area (Å²) in [5.41, 5.74) is 0. The fraction of sp³-hybridized carbons (Fsp3) is 0.692. The zero-order chi connectivity index (χ0) is 11.2. The first-order valence-electron chi connectivity index (χ1n) is 5.30. The highest BCUT2D eigenvalue weighted by Gasteiger charge is 1.95. The van der Waals surface area contributed by atoms with Crippen molar-refractivity contribution >= 4 is 0 Å². The molecule has 0 bridgehead atoms. The largest absolute Gasteiger partial charge is 0.380 e. The summed E-state index contributed by atoms with van der Waals surface area (Å²) in [6.45, 7) is 4.20. The Bertz CT molecular complexity index is 171. The van der Waals surface area contributed by atoms with Crippen molar-refractivity contribution in [2.75, 3.05) is 0 Å². The molecule has 0 fully saturated rings. The molecule has 1 atom stereocenters. The molecular weight excluding hydrogens is 172 g/mol. The molecule has 0 aromatic heterocycles. The molecule has 0 aromatic carbocycles. The van der Waals surface area contributed by atoms with Crippen molar-refractivity contribution in [2.24, 2.45) is 0 Å². The topological polar surface area (TPSA) is 20.2 Å². The molecule has 1 unspecified atom stereocenters. The third kappa shape index (κ3) is 17.2. The molecule has 0 saturated carbocycles. The number of rotatable bonds is 5.